The number of carbonyl (C=O) groups excluding carboxylic acids is 1. The third-order valence-electron chi connectivity index (χ3n) is 3.97. The van der Waals surface area contributed by atoms with Crippen LogP contribution in [0, 0.1) is 6.92 Å². The lowest BCUT2D eigenvalue weighted by Crippen LogP contribution is -2.15. The van der Waals surface area contributed by atoms with E-state index in [4.69, 9.17) is 0 Å². The number of benzene rings is 2. The molecular weight excluding hydrogens is 324 g/mol. The molecule has 2 aromatic carbocycles. The number of carbonyl (C=O) groups is 1. The van der Waals surface area contributed by atoms with Crippen molar-refractivity contribution >= 4 is 17.5 Å². The van der Waals surface area contributed by atoms with Gasteiger partial charge in [-0.05, 0) is 43.5 Å². The molecule has 0 saturated heterocycles. The van der Waals surface area contributed by atoms with Crippen molar-refractivity contribution in [3.8, 4) is 0 Å². The van der Waals surface area contributed by atoms with Gasteiger partial charge < -0.3 is 10.6 Å². The lowest BCUT2D eigenvalue weighted by Gasteiger charge is -2.08. The van der Waals surface area contributed by atoms with E-state index in [9.17, 15) is 4.79 Å². The molecule has 3 rings (SSSR count). The third kappa shape index (κ3) is 5.14. The van der Waals surface area contributed by atoms with Crippen LogP contribution in [0.5, 0.6) is 0 Å². The summed E-state index contributed by atoms with van der Waals surface area (Å²) in [7, 11) is 0. The number of hydrogen-bond acceptors (Lipinski definition) is 4. The minimum atomic E-state index is -0.247. The lowest BCUT2D eigenvalue weighted by atomic mass is 10.1. The second kappa shape index (κ2) is 8.76. The maximum absolute atomic E-state index is 12.3. The van der Waals surface area contributed by atoms with Gasteiger partial charge in [-0.3, -0.25) is 4.79 Å². The first-order valence-corrected chi connectivity index (χ1v) is 8.69. The first-order chi connectivity index (χ1) is 12.7. The van der Waals surface area contributed by atoms with Gasteiger partial charge in [0.25, 0.3) is 5.91 Å². The van der Waals surface area contributed by atoms with E-state index in [1.807, 2.05) is 49.4 Å². The molecule has 5 nitrogen and oxygen atoms in total. The van der Waals surface area contributed by atoms with E-state index in [-0.39, 0.29) is 5.91 Å². The van der Waals surface area contributed by atoms with Crippen molar-refractivity contribution in [2.24, 2.45) is 0 Å². The van der Waals surface area contributed by atoms with Crippen LogP contribution in [0.25, 0.3) is 0 Å². The lowest BCUT2D eigenvalue weighted by molar-refractivity contribution is 0.102. The summed E-state index contributed by atoms with van der Waals surface area (Å²) in [6, 6.07) is 19.6. The van der Waals surface area contributed by atoms with E-state index < -0.39 is 0 Å². The molecule has 0 unspecified atom stereocenters. The van der Waals surface area contributed by atoms with E-state index in [1.54, 1.807) is 12.3 Å². The fourth-order valence-corrected chi connectivity index (χ4v) is 2.54. The molecule has 0 bridgehead atoms. The molecule has 0 aliphatic rings. The van der Waals surface area contributed by atoms with Gasteiger partial charge in [0.2, 0.25) is 5.95 Å². The summed E-state index contributed by atoms with van der Waals surface area (Å²) >= 11 is 0. The number of hydrogen-bond donors (Lipinski definition) is 2. The predicted octanol–water partition coefficient (Wildman–Crippen LogP) is 4.08. The molecule has 0 spiro atoms. The summed E-state index contributed by atoms with van der Waals surface area (Å²) in [5.41, 5.74) is 3.54. The highest BCUT2D eigenvalue weighted by Crippen LogP contribution is 2.11. The van der Waals surface area contributed by atoms with Crippen molar-refractivity contribution in [2.75, 3.05) is 17.2 Å². The van der Waals surface area contributed by atoms with E-state index in [0.717, 1.165) is 30.6 Å². The van der Waals surface area contributed by atoms with E-state index in [0.29, 0.717) is 11.6 Å². The molecule has 0 fully saturated rings. The number of rotatable bonds is 7. The average Bonchev–Trinajstić information content (AvgIpc) is 2.68. The van der Waals surface area contributed by atoms with Gasteiger partial charge in [-0.2, -0.15) is 0 Å². The van der Waals surface area contributed by atoms with Crippen LogP contribution in [0.3, 0.4) is 0 Å². The zero-order valence-corrected chi connectivity index (χ0v) is 14.8. The van der Waals surface area contributed by atoms with Gasteiger partial charge in [0.05, 0.1) is 0 Å². The van der Waals surface area contributed by atoms with Crippen LogP contribution < -0.4 is 10.6 Å². The van der Waals surface area contributed by atoms with Gasteiger partial charge >= 0.3 is 0 Å². The summed E-state index contributed by atoms with van der Waals surface area (Å²) in [4.78, 5) is 20.8. The number of nitrogens with one attached hydrogen (secondary N) is 2. The first-order valence-electron chi connectivity index (χ1n) is 8.69. The Morgan fingerprint density at radius 2 is 1.77 bits per heavy atom. The Labute approximate surface area is 153 Å². The number of aryl methyl sites for hydroxylation is 2. The Balaban J connectivity index is 1.52. The monoisotopic (exact) mass is 346 g/mol. The van der Waals surface area contributed by atoms with Gasteiger partial charge in [-0.25, -0.2) is 9.97 Å². The van der Waals surface area contributed by atoms with Gasteiger partial charge in [0.15, 0.2) is 0 Å². The quantitative estimate of drug-likeness (QED) is 0.633. The van der Waals surface area contributed by atoms with Crippen LogP contribution >= 0.6 is 0 Å². The standard InChI is InChI=1S/C21H22N4O/c1-16-9-11-18(12-10-16)24-20(26)19-13-15-23-21(25-19)22-14-5-8-17-6-3-2-4-7-17/h2-4,6-7,9-13,15H,5,8,14H2,1H3,(H,24,26)(H,22,23,25). The van der Waals surface area contributed by atoms with Crippen molar-refractivity contribution in [3.05, 3.63) is 83.7 Å². The van der Waals surface area contributed by atoms with Crippen molar-refractivity contribution in [2.45, 2.75) is 19.8 Å². The van der Waals surface area contributed by atoms with Crippen molar-refractivity contribution < 1.29 is 4.79 Å². The number of amides is 1. The molecule has 5 heteroatoms. The SMILES string of the molecule is Cc1ccc(NC(=O)c2ccnc(NCCCc3ccccc3)n2)cc1. The Kier molecular flexibility index (Phi) is 5.93. The zero-order valence-electron chi connectivity index (χ0n) is 14.8. The van der Waals surface area contributed by atoms with Crippen LogP contribution in [0.2, 0.25) is 0 Å². The molecule has 26 heavy (non-hydrogen) atoms. The summed E-state index contributed by atoms with van der Waals surface area (Å²) in [5, 5.41) is 6.02. The molecular formula is C21H22N4O. The smallest absolute Gasteiger partial charge is 0.274 e. The first kappa shape index (κ1) is 17.6. The highest BCUT2D eigenvalue weighted by atomic mass is 16.1. The fourth-order valence-electron chi connectivity index (χ4n) is 2.54. The van der Waals surface area contributed by atoms with Crippen molar-refractivity contribution in [3.63, 3.8) is 0 Å². The normalized spacial score (nSPS) is 10.3. The Bertz CT molecular complexity index is 847. The second-order valence-corrected chi connectivity index (χ2v) is 6.10. The molecule has 0 aliphatic carbocycles. The number of aromatic nitrogens is 2. The molecule has 0 aliphatic heterocycles. The minimum Gasteiger partial charge on any atom is -0.354 e. The summed E-state index contributed by atoms with van der Waals surface area (Å²) < 4.78 is 0. The summed E-state index contributed by atoms with van der Waals surface area (Å²) in [5.74, 6) is 0.221. The molecule has 1 amide bonds. The van der Waals surface area contributed by atoms with Gasteiger partial charge in [0.1, 0.15) is 5.69 Å². The van der Waals surface area contributed by atoms with Crippen molar-refractivity contribution in [1.82, 2.24) is 9.97 Å². The Hall–Kier alpha value is -3.21. The molecule has 0 radical (unpaired) electrons. The molecule has 0 saturated carbocycles. The summed E-state index contributed by atoms with van der Waals surface area (Å²) in [6.07, 6.45) is 3.55. The Morgan fingerprint density at radius 3 is 2.54 bits per heavy atom. The van der Waals surface area contributed by atoms with E-state index >= 15 is 0 Å². The van der Waals surface area contributed by atoms with E-state index in [2.05, 4.69) is 32.7 Å². The molecule has 1 heterocycles. The van der Waals surface area contributed by atoms with E-state index in [1.165, 1.54) is 5.56 Å². The molecule has 0 atom stereocenters. The average molecular weight is 346 g/mol. The molecule has 1 aromatic heterocycles. The number of anilines is 2. The second-order valence-electron chi connectivity index (χ2n) is 6.10. The zero-order chi connectivity index (χ0) is 18.2. The van der Waals surface area contributed by atoms with Gasteiger partial charge in [0, 0.05) is 18.4 Å². The maximum Gasteiger partial charge on any atom is 0.274 e. The largest absolute Gasteiger partial charge is 0.354 e. The highest BCUT2D eigenvalue weighted by molar-refractivity contribution is 6.02. The molecule has 2 N–H and O–H groups in total. The molecule has 3 aromatic rings. The van der Waals surface area contributed by atoms with Crippen LogP contribution in [0.4, 0.5) is 11.6 Å². The third-order valence-corrected chi connectivity index (χ3v) is 3.97. The van der Waals surface area contributed by atoms with Crippen molar-refractivity contribution in [1.29, 1.82) is 0 Å². The minimum absolute atomic E-state index is 0.247. The van der Waals surface area contributed by atoms with Crippen LogP contribution in [-0.4, -0.2) is 22.4 Å². The molecule has 132 valence electrons. The topological polar surface area (TPSA) is 66.9 Å². The maximum atomic E-state index is 12.3. The Morgan fingerprint density at radius 1 is 1.00 bits per heavy atom. The fraction of sp³-hybridized carbons (Fsp3) is 0.190. The number of nitrogens with zero attached hydrogens (tertiary/aromatic N) is 2. The van der Waals surface area contributed by atoms with Crippen LogP contribution in [0.1, 0.15) is 28.0 Å². The summed E-state index contributed by atoms with van der Waals surface area (Å²) in [6.45, 7) is 2.75. The predicted molar refractivity (Wildman–Crippen MR) is 104 cm³/mol. The van der Waals surface area contributed by atoms with Gasteiger partial charge in [-0.1, -0.05) is 48.0 Å². The van der Waals surface area contributed by atoms with Gasteiger partial charge in [-0.15, -0.1) is 0 Å². The van der Waals surface area contributed by atoms with Crippen LogP contribution in [0.15, 0.2) is 66.9 Å². The van der Waals surface area contributed by atoms with Crippen LogP contribution in [-0.2, 0) is 6.42 Å². The highest BCUT2D eigenvalue weighted by Gasteiger charge is 2.09.